The fraction of sp³-hybridized carbons (Fsp3) is 0.312. The molecule has 2 N–H and O–H groups in total. The van der Waals surface area contributed by atoms with E-state index in [1.807, 2.05) is 11.0 Å². The fourth-order valence-corrected chi connectivity index (χ4v) is 5.61. The van der Waals surface area contributed by atoms with Gasteiger partial charge < -0.3 is 15.4 Å². The fourth-order valence-electron chi connectivity index (χ4n) is 5.61. The highest BCUT2D eigenvalue weighted by Crippen LogP contribution is 2.26. The molecular weight excluding hydrogens is 578 g/mol. The summed E-state index contributed by atoms with van der Waals surface area (Å²) in [5.74, 6) is -3.35. The van der Waals surface area contributed by atoms with Crippen LogP contribution in [0.5, 0.6) is 5.75 Å². The Morgan fingerprint density at radius 1 is 0.795 bits per heavy atom. The van der Waals surface area contributed by atoms with Crippen LogP contribution in [0.1, 0.15) is 28.4 Å². The molecule has 0 bridgehead atoms. The van der Waals surface area contributed by atoms with Gasteiger partial charge in [-0.3, -0.25) is 18.8 Å². The average Bonchev–Trinajstić information content (AvgIpc) is 3.02. The van der Waals surface area contributed by atoms with Gasteiger partial charge in [-0.05, 0) is 36.8 Å². The second-order valence-corrected chi connectivity index (χ2v) is 10.7. The first-order chi connectivity index (χ1) is 21.1. The minimum atomic E-state index is -0.979. The summed E-state index contributed by atoms with van der Waals surface area (Å²) in [6, 6.07) is 14.1. The second kappa shape index (κ2) is 13.1. The largest absolute Gasteiger partial charge is 0.496 e. The van der Waals surface area contributed by atoms with Crippen LogP contribution in [-0.2, 0) is 19.6 Å². The molecule has 5 rings (SSSR count). The van der Waals surface area contributed by atoms with Crippen molar-refractivity contribution in [1.29, 1.82) is 0 Å². The molecule has 3 aromatic carbocycles. The first-order valence-corrected chi connectivity index (χ1v) is 14.2. The quantitative estimate of drug-likeness (QED) is 0.289. The van der Waals surface area contributed by atoms with Gasteiger partial charge in [0.15, 0.2) is 11.6 Å². The molecular formula is C32H33F4N5O3. The van der Waals surface area contributed by atoms with Crippen LogP contribution in [0.25, 0.3) is 0 Å². The van der Waals surface area contributed by atoms with Crippen LogP contribution in [0.4, 0.5) is 23.2 Å². The van der Waals surface area contributed by atoms with Gasteiger partial charge in [-0.25, -0.2) is 22.4 Å². The van der Waals surface area contributed by atoms with E-state index in [2.05, 4.69) is 0 Å². The summed E-state index contributed by atoms with van der Waals surface area (Å²) in [5.41, 5.74) is 6.04. The van der Waals surface area contributed by atoms with Crippen LogP contribution >= 0.6 is 0 Å². The predicted octanol–water partition coefficient (Wildman–Crippen LogP) is 3.95. The number of anilines is 1. The lowest BCUT2D eigenvalue weighted by atomic mass is 10.1. The number of methoxy groups -OCH3 is 1. The molecule has 0 amide bonds. The van der Waals surface area contributed by atoms with Gasteiger partial charge >= 0.3 is 5.69 Å². The zero-order chi connectivity index (χ0) is 31.5. The highest BCUT2D eigenvalue weighted by atomic mass is 19.2. The summed E-state index contributed by atoms with van der Waals surface area (Å²) in [6.45, 7) is 2.44. The lowest BCUT2D eigenvalue weighted by Gasteiger charge is -2.37. The molecule has 232 valence electrons. The molecule has 1 fully saturated rings. The third-order valence-corrected chi connectivity index (χ3v) is 8.09. The van der Waals surface area contributed by atoms with Crippen LogP contribution in [-0.4, -0.2) is 47.3 Å². The Bertz CT molecular complexity index is 1750. The maximum absolute atomic E-state index is 14.7. The molecule has 2 heterocycles. The zero-order valence-corrected chi connectivity index (χ0v) is 24.4. The SMILES string of the molecule is COc1ccc(F)c(F)c1CN1CCN(c2c(C)n(Cc3c(F)cccc3F)c(=O)n(C[C@@H](N)c3ccccc3)c2=O)CC1. The Morgan fingerprint density at radius 2 is 1.45 bits per heavy atom. The number of benzene rings is 3. The van der Waals surface area contributed by atoms with Gasteiger partial charge in [-0.1, -0.05) is 36.4 Å². The minimum Gasteiger partial charge on any atom is -0.496 e. The molecule has 4 aromatic rings. The summed E-state index contributed by atoms with van der Waals surface area (Å²) in [7, 11) is 1.38. The van der Waals surface area contributed by atoms with Gasteiger partial charge in [0, 0.05) is 55.6 Å². The molecule has 1 atom stereocenters. The van der Waals surface area contributed by atoms with Gasteiger partial charge in [0.2, 0.25) is 0 Å². The number of hydrogen-bond acceptors (Lipinski definition) is 6. The summed E-state index contributed by atoms with van der Waals surface area (Å²) in [6.07, 6.45) is 0. The van der Waals surface area contributed by atoms with Gasteiger partial charge in [-0.15, -0.1) is 0 Å². The smallest absolute Gasteiger partial charge is 0.331 e. The Hall–Kier alpha value is -4.42. The van der Waals surface area contributed by atoms with Crippen LogP contribution in [0.2, 0.25) is 0 Å². The number of nitrogens with zero attached hydrogens (tertiary/aromatic N) is 4. The van der Waals surface area contributed by atoms with Crippen molar-refractivity contribution < 1.29 is 22.3 Å². The Kier molecular flexibility index (Phi) is 9.21. The molecule has 1 saturated heterocycles. The number of nitrogens with two attached hydrogens (primary N) is 1. The molecule has 44 heavy (non-hydrogen) atoms. The van der Waals surface area contributed by atoms with Crippen molar-refractivity contribution in [3.8, 4) is 5.75 Å². The van der Waals surface area contributed by atoms with Crippen molar-refractivity contribution in [2.75, 3.05) is 38.2 Å². The summed E-state index contributed by atoms with van der Waals surface area (Å²) in [5, 5.41) is 0. The predicted molar refractivity (Wildman–Crippen MR) is 159 cm³/mol. The van der Waals surface area contributed by atoms with E-state index in [9.17, 15) is 27.2 Å². The van der Waals surface area contributed by atoms with Gasteiger partial charge in [0.1, 0.15) is 23.1 Å². The normalized spacial score (nSPS) is 14.6. The molecule has 12 heteroatoms. The molecule has 0 spiro atoms. The molecule has 8 nitrogen and oxygen atoms in total. The van der Waals surface area contributed by atoms with E-state index in [1.165, 1.54) is 23.8 Å². The average molecular weight is 612 g/mol. The topological polar surface area (TPSA) is 85.7 Å². The molecule has 0 saturated carbocycles. The molecule has 0 aliphatic carbocycles. The number of rotatable bonds is 9. The number of hydrogen-bond donors (Lipinski definition) is 1. The maximum Gasteiger partial charge on any atom is 0.331 e. The lowest BCUT2D eigenvalue weighted by molar-refractivity contribution is 0.240. The lowest BCUT2D eigenvalue weighted by Crippen LogP contribution is -2.51. The first-order valence-electron chi connectivity index (χ1n) is 14.2. The number of ether oxygens (including phenoxy) is 1. The number of piperazine rings is 1. The Morgan fingerprint density at radius 3 is 2.09 bits per heavy atom. The van der Waals surface area contributed by atoms with E-state index >= 15 is 0 Å². The number of aromatic nitrogens is 2. The van der Waals surface area contributed by atoms with Crippen molar-refractivity contribution in [2.45, 2.75) is 32.6 Å². The molecule has 1 aliphatic rings. The van der Waals surface area contributed by atoms with Crippen molar-refractivity contribution in [1.82, 2.24) is 14.0 Å². The molecule has 0 unspecified atom stereocenters. The second-order valence-electron chi connectivity index (χ2n) is 10.7. The van der Waals surface area contributed by atoms with E-state index in [0.717, 1.165) is 22.8 Å². The van der Waals surface area contributed by atoms with Crippen molar-refractivity contribution in [3.05, 3.63) is 127 Å². The van der Waals surface area contributed by atoms with Crippen LogP contribution in [0.15, 0.2) is 70.3 Å². The van der Waals surface area contributed by atoms with E-state index < -0.39 is 47.1 Å². The molecule has 1 aromatic heterocycles. The van der Waals surface area contributed by atoms with E-state index in [1.54, 1.807) is 36.1 Å². The Labute approximate surface area is 251 Å². The minimum absolute atomic E-state index is 0.0851. The van der Waals surface area contributed by atoms with Crippen molar-refractivity contribution in [3.63, 3.8) is 0 Å². The van der Waals surface area contributed by atoms with Crippen molar-refractivity contribution in [2.24, 2.45) is 5.73 Å². The third kappa shape index (κ3) is 6.13. The summed E-state index contributed by atoms with van der Waals surface area (Å²) in [4.78, 5) is 31.4. The van der Waals surface area contributed by atoms with Crippen LogP contribution in [0, 0.1) is 30.2 Å². The van der Waals surface area contributed by atoms with Crippen LogP contribution in [0.3, 0.4) is 0 Å². The van der Waals surface area contributed by atoms with Gasteiger partial charge in [0.05, 0.1) is 20.2 Å². The monoisotopic (exact) mass is 611 g/mol. The number of halogens is 4. The zero-order valence-electron chi connectivity index (χ0n) is 24.4. The standard InChI is InChI=1S/C32H33F4N5O3/c1-20-30(39-15-13-38(14-16-39)17-23-28(44-2)12-11-26(35)29(23)36)31(42)41(19-27(37)21-7-4-3-5-8-21)32(43)40(20)18-22-24(33)9-6-10-25(22)34/h3-12,27H,13-19,37H2,1-2H3/t27-/m1/s1. The van der Waals surface area contributed by atoms with Gasteiger partial charge in [-0.2, -0.15) is 0 Å². The van der Waals surface area contributed by atoms with Crippen molar-refractivity contribution >= 4 is 5.69 Å². The van der Waals surface area contributed by atoms with Gasteiger partial charge in [0.25, 0.3) is 5.56 Å². The summed E-state index contributed by atoms with van der Waals surface area (Å²) >= 11 is 0. The summed E-state index contributed by atoms with van der Waals surface area (Å²) < 4.78 is 65.3. The third-order valence-electron chi connectivity index (χ3n) is 8.09. The van der Waals surface area contributed by atoms with E-state index in [-0.39, 0.29) is 41.3 Å². The molecule has 1 aliphatic heterocycles. The first kappa shape index (κ1) is 31.0. The maximum atomic E-state index is 14.7. The Balaban J connectivity index is 1.49. The molecule has 0 radical (unpaired) electrons. The van der Waals surface area contributed by atoms with E-state index in [0.29, 0.717) is 31.7 Å². The highest BCUT2D eigenvalue weighted by molar-refractivity contribution is 5.50. The highest BCUT2D eigenvalue weighted by Gasteiger charge is 2.28. The van der Waals surface area contributed by atoms with Crippen LogP contribution < -0.4 is 26.6 Å². The van der Waals surface area contributed by atoms with E-state index in [4.69, 9.17) is 10.5 Å².